The summed E-state index contributed by atoms with van der Waals surface area (Å²) in [5.74, 6) is 4.15. The average molecular weight is 650 g/mol. The van der Waals surface area contributed by atoms with Crippen LogP contribution in [-0.2, 0) is 5.41 Å². The van der Waals surface area contributed by atoms with Gasteiger partial charge < -0.3 is 4.57 Å². The molecule has 0 amide bonds. The van der Waals surface area contributed by atoms with Crippen LogP contribution in [0.1, 0.15) is 57.1 Å². The van der Waals surface area contributed by atoms with Gasteiger partial charge in [-0.3, -0.25) is 0 Å². The molecule has 5 aromatic carbocycles. The van der Waals surface area contributed by atoms with Gasteiger partial charge in [-0.15, -0.1) is 0 Å². The van der Waals surface area contributed by atoms with Gasteiger partial charge in [0.05, 0.1) is 22.7 Å². The van der Waals surface area contributed by atoms with Crippen LogP contribution in [0.2, 0.25) is 0 Å². The van der Waals surface area contributed by atoms with Crippen LogP contribution >= 0.6 is 0 Å². The Morgan fingerprint density at radius 2 is 1.14 bits per heavy atom. The summed E-state index contributed by atoms with van der Waals surface area (Å²) >= 11 is 0. The summed E-state index contributed by atoms with van der Waals surface area (Å²) in [5.41, 5.74) is 8.57. The zero-order chi connectivity index (χ0) is 33.8. The van der Waals surface area contributed by atoms with Crippen molar-refractivity contribution in [3.63, 3.8) is 0 Å². The molecule has 2 fully saturated rings. The minimum Gasteiger partial charge on any atom is -0.309 e. The predicted octanol–water partition coefficient (Wildman–Crippen LogP) is 10.9. The number of nitriles is 1. The van der Waals surface area contributed by atoms with Gasteiger partial charge in [0.1, 0.15) is 0 Å². The summed E-state index contributed by atoms with van der Waals surface area (Å²) in [6.45, 7) is 4.93. The van der Waals surface area contributed by atoms with Gasteiger partial charge in [0, 0.05) is 33.2 Å². The number of hydrogen-bond acceptors (Lipinski definition) is 4. The molecule has 9 rings (SSSR count). The number of benzene rings is 5. The first-order valence-corrected chi connectivity index (χ1v) is 17.9. The maximum absolute atomic E-state index is 9.38. The van der Waals surface area contributed by atoms with Crippen LogP contribution in [0.15, 0.2) is 121 Å². The fraction of sp³-hybridized carbons (Fsp3) is 0.244. The number of fused-ring (bicyclic) bond motifs is 5. The Balaban J connectivity index is 1.24. The zero-order valence-corrected chi connectivity index (χ0v) is 28.6. The van der Waals surface area contributed by atoms with Gasteiger partial charge in [0.2, 0.25) is 0 Å². The molecule has 0 radical (unpaired) electrons. The number of para-hydroxylation sites is 1. The Morgan fingerprint density at radius 3 is 1.78 bits per heavy atom. The third-order valence-electron chi connectivity index (χ3n) is 11.2. The first-order valence-electron chi connectivity index (χ1n) is 17.9. The van der Waals surface area contributed by atoms with Crippen LogP contribution in [0.4, 0.5) is 0 Å². The molecule has 4 atom stereocenters. The Labute approximate surface area is 293 Å². The van der Waals surface area contributed by atoms with Crippen LogP contribution in [0.5, 0.6) is 0 Å². The lowest BCUT2D eigenvalue weighted by Crippen LogP contribution is -2.42. The van der Waals surface area contributed by atoms with Gasteiger partial charge in [-0.2, -0.15) is 5.26 Å². The van der Waals surface area contributed by atoms with Crippen molar-refractivity contribution in [1.82, 2.24) is 19.5 Å². The summed E-state index contributed by atoms with van der Waals surface area (Å²) in [5, 5.41) is 11.9. The fourth-order valence-corrected chi connectivity index (χ4v) is 9.44. The number of nitrogens with zero attached hydrogens (tertiary/aromatic N) is 5. The smallest absolute Gasteiger partial charge is 0.164 e. The SMILES string of the molecule is C[C@@H]1C[C@@H]2C[C@H](C)CC(c3ccc4c5ccc(-c6nc(-c7ccccc7)nc(-c7ccc(C#N)cc7)n6)cc5n(-c5ccccc5)c4c3)(C1)C2. The molecule has 0 aliphatic heterocycles. The quantitative estimate of drug-likeness (QED) is 0.186. The van der Waals surface area contributed by atoms with Gasteiger partial charge in [0.25, 0.3) is 0 Å². The van der Waals surface area contributed by atoms with Crippen molar-refractivity contribution in [3.05, 3.63) is 132 Å². The Morgan fingerprint density at radius 1 is 0.600 bits per heavy atom. The van der Waals surface area contributed by atoms with E-state index >= 15 is 0 Å². The van der Waals surface area contributed by atoms with Gasteiger partial charge >= 0.3 is 0 Å². The molecule has 244 valence electrons. The van der Waals surface area contributed by atoms with E-state index in [2.05, 4.69) is 91.2 Å². The minimum atomic E-state index is 0.248. The average Bonchev–Trinajstić information content (AvgIpc) is 3.48. The highest BCUT2D eigenvalue weighted by molar-refractivity contribution is 6.10. The minimum absolute atomic E-state index is 0.248. The van der Waals surface area contributed by atoms with Crippen molar-refractivity contribution in [1.29, 1.82) is 5.26 Å². The molecular formula is C45H39N5. The Bertz CT molecular complexity index is 2380. The topological polar surface area (TPSA) is 67.4 Å². The maximum Gasteiger partial charge on any atom is 0.164 e. The van der Waals surface area contributed by atoms with Crippen LogP contribution < -0.4 is 0 Å². The highest BCUT2D eigenvalue weighted by Gasteiger charge is 2.45. The lowest BCUT2D eigenvalue weighted by molar-refractivity contribution is 0.0781. The van der Waals surface area contributed by atoms with E-state index in [1.165, 1.54) is 54.0 Å². The van der Waals surface area contributed by atoms with Crippen LogP contribution in [0.25, 0.3) is 61.7 Å². The molecule has 2 aromatic heterocycles. The van der Waals surface area contributed by atoms with E-state index in [1.54, 1.807) is 12.1 Å². The molecule has 50 heavy (non-hydrogen) atoms. The first-order chi connectivity index (χ1) is 24.5. The van der Waals surface area contributed by atoms with E-state index in [0.29, 0.717) is 23.0 Å². The van der Waals surface area contributed by atoms with Crippen molar-refractivity contribution in [3.8, 4) is 45.9 Å². The van der Waals surface area contributed by atoms with E-state index in [4.69, 9.17) is 15.0 Å². The van der Waals surface area contributed by atoms with Gasteiger partial charge in [-0.25, -0.2) is 15.0 Å². The van der Waals surface area contributed by atoms with Crippen molar-refractivity contribution in [2.45, 2.75) is 51.4 Å². The standard InChI is InChI=1S/C45H39N5/c1-29-21-32-22-30(2)26-45(25-29,27-32)36-18-20-39-38-19-17-35(23-40(38)50(41(39)24-36)37-11-7-4-8-12-37)44-48-42(33-9-5-3-6-10-33)47-43(49-44)34-15-13-31(28-46)14-16-34/h3-20,23-24,29-30,32H,21-22,25-27H2,1-2H3/t29-,30+,32-,45?. The van der Waals surface area contributed by atoms with Crippen molar-refractivity contribution < 1.29 is 0 Å². The first kappa shape index (κ1) is 30.5. The number of hydrogen-bond donors (Lipinski definition) is 0. The summed E-state index contributed by atoms with van der Waals surface area (Å²) in [4.78, 5) is 15.0. The summed E-state index contributed by atoms with van der Waals surface area (Å²) in [6.07, 6.45) is 6.61. The molecule has 2 bridgehead atoms. The van der Waals surface area contributed by atoms with E-state index in [0.717, 1.165) is 45.6 Å². The molecular weight excluding hydrogens is 611 g/mol. The van der Waals surface area contributed by atoms with Gasteiger partial charge in [0.15, 0.2) is 17.5 Å². The molecule has 2 heterocycles. The molecule has 5 nitrogen and oxygen atoms in total. The van der Waals surface area contributed by atoms with E-state index in [1.807, 2.05) is 42.5 Å². The van der Waals surface area contributed by atoms with Crippen LogP contribution in [0.3, 0.4) is 0 Å². The molecule has 2 aliphatic rings. The Kier molecular flexibility index (Phi) is 7.35. The molecule has 0 spiro atoms. The summed E-state index contributed by atoms with van der Waals surface area (Å²) in [7, 11) is 0. The summed E-state index contributed by atoms with van der Waals surface area (Å²) in [6, 6.07) is 44.4. The second-order valence-electron chi connectivity index (χ2n) is 14.9. The monoisotopic (exact) mass is 649 g/mol. The highest BCUT2D eigenvalue weighted by atomic mass is 15.0. The molecule has 2 saturated carbocycles. The molecule has 0 N–H and O–H groups in total. The van der Waals surface area contributed by atoms with Crippen molar-refractivity contribution in [2.24, 2.45) is 17.8 Å². The second kappa shape index (κ2) is 12.1. The number of rotatable bonds is 5. The Hall–Kier alpha value is -5.60. The normalized spacial score (nSPS) is 21.7. The lowest BCUT2D eigenvalue weighted by atomic mass is 9.54. The highest BCUT2D eigenvalue weighted by Crippen LogP contribution is 2.54. The fourth-order valence-electron chi connectivity index (χ4n) is 9.44. The molecule has 0 saturated heterocycles. The van der Waals surface area contributed by atoms with Crippen LogP contribution in [-0.4, -0.2) is 19.5 Å². The van der Waals surface area contributed by atoms with Crippen molar-refractivity contribution in [2.75, 3.05) is 0 Å². The third-order valence-corrected chi connectivity index (χ3v) is 11.2. The summed E-state index contributed by atoms with van der Waals surface area (Å²) < 4.78 is 2.44. The molecule has 7 aromatic rings. The van der Waals surface area contributed by atoms with Crippen LogP contribution in [0, 0.1) is 29.1 Å². The number of aromatic nitrogens is 4. The lowest BCUT2D eigenvalue weighted by Gasteiger charge is -2.50. The van der Waals surface area contributed by atoms with Crippen molar-refractivity contribution >= 4 is 21.8 Å². The molecule has 5 heteroatoms. The molecule has 1 unspecified atom stereocenters. The predicted molar refractivity (Wildman–Crippen MR) is 202 cm³/mol. The zero-order valence-electron chi connectivity index (χ0n) is 28.6. The third kappa shape index (κ3) is 5.27. The van der Waals surface area contributed by atoms with Gasteiger partial charge in [-0.05, 0) is 109 Å². The maximum atomic E-state index is 9.38. The van der Waals surface area contributed by atoms with E-state index in [9.17, 15) is 5.26 Å². The van der Waals surface area contributed by atoms with Gasteiger partial charge in [-0.1, -0.05) is 86.6 Å². The van der Waals surface area contributed by atoms with E-state index in [-0.39, 0.29) is 5.41 Å². The second-order valence-corrected chi connectivity index (χ2v) is 14.9. The van der Waals surface area contributed by atoms with E-state index < -0.39 is 0 Å². The largest absolute Gasteiger partial charge is 0.309 e. The molecule has 2 aliphatic carbocycles.